The number of nitrogens with zero attached hydrogens (tertiary/aromatic N) is 1. The third-order valence-corrected chi connectivity index (χ3v) is 4.24. The van der Waals surface area contributed by atoms with Crippen LogP contribution in [-0.2, 0) is 9.59 Å². The molecule has 1 atom stereocenters. The molecule has 6 heteroatoms. The molecule has 2 heterocycles. The molecule has 0 radical (unpaired) electrons. The Hall–Kier alpha value is -0.500. The van der Waals surface area contributed by atoms with E-state index in [-0.39, 0.29) is 17.0 Å². The average molecular weight is 351 g/mol. The van der Waals surface area contributed by atoms with Crippen molar-refractivity contribution in [2.75, 3.05) is 10.2 Å². The van der Waals surface area contributed by atoms with Crippen molar-refractivity contribution in [1.29, 1.82) is 0 Å². The van der Waals surface area contributed by atoms with Crippen LogP contribution in [0.25, 0.3) is 0 Å². The van der Waals surface area contributed by atoms with E-state index < -0.39 is 5.97 Å². The fourth-order valence-electron chi connectivity index (χ4n) is 1.75. The van der Waals surface area contributed by atoms with Crippen LogP contribution in [0, 0.1) is 0 Å². The van der Waals surface area contributed by atoms with E-state index in [9.17, 15) is 9.59 Å². The van der Waals surface area contributed by atoms with E-state index in [1.165, 1.54) is 4.90 Å². The number of allylic oxidation sites excluding steroid dienone is 2. The van der Waals surface area contributed by atoms with E-state index >= 15 is 0 Å². The molecule has 1 amide bonds. The summed E-state index contributed by atoms with van der Waals surface area (Å²) in [6, 6.07) is 0. The van der Waals surface area contributed by atoms with Crippen molar-refractivity contribution < 1.29 is 14.7 Å². The number of amides is 1. The molecule has 0 aromatic carbocycles. The third-order valence-electron chi connectivity index (χ3n) is 2.49. The van der Waals surface area contributed by atoms with Gasteiger partial charge < -0.3 is 5.11 Å². The molecule has 4 nitrogen and oxygen atoms in total. The predicted octanol–water partition coefficient (Wildman–Crippen LogP) is 1.62. The Morgan fingerprint density at radius 1 is 1.69 bits per heavy atom. The summed E-state index contributed by atoms with van der Waals surface area (Å²) in [6.45, 7) is 0. The summed E-state index contributed by atoms with van der Waals surface area (Å²) in [5.74, 6) is -0.426. The maximum absolute atomic E-state index is 11.4. The van der Waals surface area contributed by atoms with Crippen molar-refractivity contribution in [2.24, 2.45) is 0 Å². The molecular weight excluding hydrogens is 341 g/mol. The largest absolute Gasteiger partial charge is 0.477 e. The van der Waals surface area contributed by atoms with Crippen LogP contribution in [0.2, 0.25) is 0 Å². The van der Waals surface area contributed by atoms with Crippen molar-refractivity contribution in [3.05, 3.63) is 23.4 Å². The molecule has 0 aliphatic carbocycles. The van der Waals surface area contributed by atoms with Crippen LogP contribution >= 0.6 is 34.4 Å². The zero-order valence-electron chi connectivity index (χ0n) is 8.35. The minimum Gasteiger partial charge on any atom is -0.477 e. The van der Waals surface area contributed by atoms with Crippen molar-refractivity contribution >= 4 is 46.2 Å². The number of hydrogen-bond acceptors (Lipinski definition) is 3. The number of thioether (sulfide) groups is 1. The van der Waals surface area contributed by atoms with Gasteiger partial charge in [0.1, 0.15) is 5.70 Å². The van der Waals surface area contributed by atoms with E-state index in [0.29, 0.717) is 12.2 Å². The van der Waals surface area contributed by atoms with Gasteiger partial charge >= 0.3 is 5.97 Å². The van der Waals surface area contributed by atoms with Crippen molar-refractivity contribution in [2.45, 2.75) is 11.8 Å². The number of hydrogen-bond donors (Lipinski definition) is 1. The molecular formula is C10H10INO3S. The predicted molar refractivity (Wildman–Crippen MR) is 70.4 cm³/mol. The lowest BCUT2D eigenvalue weighted by molar-refractivity contribution is -0.146. The number of rotatable bonds is 3. The van der Waals surface area contributed by atoms with Gasteiger partial charge in [0.2, 0.25) is 5.91 Å². The molecule has 0 aromatic rings. The summed E-state index contributed by atoms with van der Waals surface area (Å²) in [6.07, 6.45) is 4.18. The van der Waals surface area contributed by atoms with Crippen LogP contribution in [0.1, 0.15) is 6.42 Å². The molecule has 16 heavy (non-hydrogen) atoms. The maximum atomic E-state index is 11.4. The van der Waals surface area contributed by atoms with Gasteiger partial charge in [0.25, 0.3) is 0 Å². The lowest BCUT2D eigenvalue weighted by atomic mass is 10.1. The fourth-order valence-corrected chi connectivity index (χ4v) is 3.24. The Morgan fingerprint density at radius 3 is 3.00 bits per heavy atom. The fraction of sp³-hybridized carbons (Fsp3) is 0.400. The molecule has 0 bridgehead atoms. The minimum atomic E-state index is -1.01. The van der Waals surface area contributed by atoms with E-state index in [4.69, 9.17) is 5.11 Å². The summed E-state index contributed by atoms with van der Waals surface area (Å²) in [5, 5.41) is 9.19. The number of carboxylic acid groups (broad SMARTS) is 1. The summed E-state index contributed by atoms with van der Waals surface area (Å²) in [7, 11) is 0. The molecule has 86 valence electrons. The van der Waals surface area contributed by atoms with E-state index in [1.54, 1.807) is 11.8 Å². The summed E-state index contributed by atoms with van der Waals surface area (Å²) < 4.78 is 0.830. The summed E-state index contributed by atoms with van der Waals surface area (Å²) in [5.41, 5.74) is 0.902. The van der Waals surface area contributed by atoms with Gasteiger partial charge in [-0.25, -0.2) is 4.79 Å². The topological polar surface area (TPSA) is 57.6 Å². The smallest absolute Gasteiger partial charge is 0.352 e. The first kappa shape index (κ1) is 12.0. The maximum Gasteiger partial charge on any atom is 0.352 e. The highest BCUT2D eigenvalue weighted by Crippen LogP contribution is 2.40. The van der Waals surface area contributed by atoms with Gasteiger partial charge in [0.05, 0.1) is 11.8 Å². The molecule has 0 spiro atoms. The highest BCUT2D eigenvalue weighted by Gasteiger charge is 2.44. The van der Waals surface area contributed by atoms with Crippen LogP contribution in [0.5, 0.6) is 0 Å². The quantitative estimate of drug-likeness (QED) is 0.477. The Balaban J connectivity index is 2.35. The second-order valence-corrected chi connectivity index (χ2v) is 5.52. The average Bonchev–Trinajstić information content (AvgIpc) is 2.24. The first-order valence-electron chi connectivity index (χ1n) is 4.77. The number of alkyl halides is 1. The molecule has 2 aliphatic heterocycles. The highest BCUT2D eigenvalue weighted by molar-refractivity contribution is 14.1. The van der Waals surface area contributed by atoms with E-state index in [0.717, 1.165) is 10.0 Å². The van der Waals surface area contributed by atoms with Gasteiger partial charge in [-0.1, -0.05) is 34.7 Å². The Morgan fingerprint density at radius 2 is 2.44 bits per heavy atom. The number of carboxylic acids is 1. The normalized spacial score (nSPS) is 24.7. The van der Waals surface area contributed by atoms with Gasteiger partial charge in [-0.2, -0.15) is 0 Å². The lowest BCUT2D eigenvalue weighted by Gasteiger charge is -2.43. The molecule has 0 aromatic heterocycles. The second-order valence-electron chi connectivity index (χ2n) is 3.47. The monoisotopic (exact) mass is 351 g/mol. The Labute approximate surface area is 111 Å². The third kappa shape index (κ3) is 2.00. The molecule has 0 saturated carbocycles. The van der Waals surface area contributed by atoms with Crippen LogP contribution in [0.3, 0.4) is 0 Å². The molecule has 2 rings (SSSR count). The first-order valence-corrected chi connectivity index (χ1v) is 7.35. The number of β-lactam (4-membered cyclic amide) rings is 1. The van der Waals surface area contributed by atoms with Gasteiger partial charge in [-0.05, 0) is 5.57 Å². The minimum absolute atomic E-state index is 0.0374. The Kier molecular flexibility index (Phi) is 3.58. The lowest BCUT2D eigenvalue weighted by Crippen LogP contribution is -2.53. The number of carbonyl (C=O) groups excluding carboxylic acids is 1. The SMILES string of the molecule is O=C(O)C1=C(C=CCI)CS[C@@H]2CC(=O)N12. The molecule has 1 fully saturated rings. The van der Waals surface area contributed by atoms with Crippen LogP contribution in [-0.4, -0.2) is 37.4 Å². The summed E-state index contributed by atoms with van der Waals surface area (Å²) >= 11 is 3.82. The molecule has 0 unspecified atom stereocenters. The standard InChI is InChI=1S/C10H10INO3S/c11-3-1-2-6-5-16-8-4-7(13)12(8)9(6)10(14)15/h1-2,8H,3-5H2,(H,14,15)/t8-/m1/s1. The van der Waals surface area contributed by atoms with Crippen LogP contribution < -0.4 is 0 Å². The van der Waals surface area contributed by atoms with E-state index in [2.05, 4.69) is 22.6 Å². The number of fused-ring (bicyclic) bond motifs is 1. The first-order chi connectivity index (χ1) is 7.65. The number of aliphatic carboxylic acids is 1. The summed E-state index contributed by atoms with van der Waals surface area (Å²) in [4.78, 5) is 24.0. The Bertz CT molecular complexity index is 405. The van der Waals surface area contributed by atoms with Crippen molar-refractivity contribution in [1.82, 2.24) is 4.90 Å². The molecule has 1 N–H and O–H groups in total. The van der Waals surface area contributed by atoms with E-state index in [1.807, 2.05) is 12.2 Å². The molecule has 2 aliphatic rings. The van der Waals surface area contributed by atoms with Crippen molar-refractivity contribution in [3.8, 4) is 0 Å². The molecule has 1 saturated heterocycles. The number of carbonyl (C=O) groups is 2. The highest BCUT2D eigenvalue weighted by atomic mass is 127. The van der Waals surface area contributed by atoms with Gasteiger partial charge in [-0.3, -0.25) is 9.69 Å². The second kappa shape index (κ2) is 4.79. The van der Waals surface area contributed by atoms with Crippen LogP contribution in [0.15, 0.2) is 23.4 Å². The van der Waals surface area contributed by atoms with Gasteiger partial charge in [-0.15, -0.1) is 11.8 Å². The van der Waals surface area contributed by atoms with Crippen LogP contribution in [0.4, 0.5) is 0 Å². The zero-order chi connectivity index (χ0) is 11.7. The zero-order valence-corrected chi connectivity index (χ0v) is 11.3. The van der Waals surface area contributed by atoms with Crippen molar-refractivity contribution in [3.63, 3.8) is 0 Å². The van der Waals surface area contributed by atoms with Gasteiger partial charge in [0, 0.05) is 10.2 Å². The number of halogens is 1. The van der Waals surface area contributed by atoms with Gasteiger partial charge in [0.15, 0.2) is 0 Å².